The zero-order chi connectivity index (χ0) is 25.4. The van der Waals surface area contributed by atoms with Crippen LogP contribution in [0.5, 0.6) is 5.75 Å². The van der Waals surface area contributed by atoms with Gasteiger partial charge in [0, 0.05) is 39.2 Å². The number of hydrogen-bond donors (Lipinski definition) is 2. The molecule has 0 aromatic heterocycles. The smallest absolute Gasteiger partial charge is 0.406 e. The number of amides is 4. The Balaban J connectivity index is 1.72. The van der Waals surface area contributed by atoms with Crippen LogP contribution in [0.2, 0.25) is 0 Å². The molecule has 3 rings (SSSR count). The number of halogens is 3. The topological polar surface area (TPSA) is 109 Å². The normalized spacial score (nSPS) is 20.8. The minimum Gasteiger partial charge on any atom is -0.406 e. The van der Waals surface area contributed by atoms with E-state index in [-0.39, 0.29) is 37.3 Å². The van der Waals surface area contributed by atoms with E-state index in [1.54, 1.807) is 9.80 Å². The van der Waals surface area contributed by atoms with Crippen molar-refractivity contribution in [1.29, 1.82) is 0 Å². The van der Waals surface area contributed by atoms with Gasteiger partial charge >= 0.3 is 12.4 Å². The summed E-state index contributed by atoms with van der Waals surface area (Å²) < 4.78 is 51.5. The maximum atomic E-state index is 13.1. The predicted molar refractivity (Wildman–Crippen MR) is 116 cm³/mol. The number of hydrogen-bond acceptors (Lipinski definition) is 6. The Hall–Kier alpha value is -3.06. The molecule has 4 amide bonds. The number of alkyl halides is 3. The first-order chi connectivity index (χ1) is 16.7. The van der Waals surface area contributed by atoms with E-state index >= 15 is 0 Å². The van der Waals surface area contributed by atoms with Crippen molar-refractivity contribution >= 4 is 17.8 Å². The van der Waals surface area contributed by atoms with Crippen molar-refractivity contribution in [3.63, 3.8) is 0 Å². The van der Waals surface area contributed by atoms with Gasteiger partial charge in [-0.3, -0.25) is 20.4 Å². The Morgan fingerprint density at radius 3 is 2.37 bits per heavy atom. The monoisotopic (exact) mass is 502 g/mol. The molecule has 2 aliphatic heterocycles. The largest absolute Gasteiger partial charge is 0.573 e. The van der Waals surface area contributed by atoms with Gasteiger partial charge in [-0.2, -0.15) is 0 Å². The summed E-state index contributed by atoms with van der Waals surface area (Å²) in [6, 6.07) is 5.16. The molecule has 2 aliphatic rings. The fraction of sp³-hybridized carbons (Fsp3) is 0.591. The molecule has 2 saturated heterocycles. The van der Waals surface area contributed by atoms with E-state index in [2.05, 4.69) is 15.6 Å². The highest BCUT2D eigenvalue weighted by atomic mass is 19.4. The average molecular weight is 502 g/mol. The van der Waals surface area contributed by atoms with Crippen LogP contribution >= 0.6 is 0 Å². The van der Waals surface area contributed by atoms with E-state index in [1.165, 1.54) is 31.4 Å². The Morgan fingerprint density at radius 2 is 1.74 bits per heavy atom. The van der Waals surface area contributed by atoms with Crippen LogP contribution in [0.1, 0.15) is 24.3 Å². The minimum atomic E-state index is -4.80. The summed E-state index contributed by atoms with van der Waals surface area (Å²) in [5, 5.41) is 0. The van der Waals surface area contributed by atoms with Gasteiger partial charge in [0.05, 0.1) is 32.2 Å². The highest BCUT2D eigenvalue weighted by Crippen LogP contribution is 2.33. The first-order valence-corrected chi connectivity index (χ1v) is 11.2. The van der Waals surface area contributed by atoms with Crippen LogP contribution in [0, 0.1) is 5.92 Å². The fourth-order valence-corrected chi connectivity index (χ4v) is 4.07. The highest BCUT2D eigenvalue weighted by Gasteiger charge is 2.37. The second-order valence-electron chi connectivity index (χ2n) is 8.31. The lowest BCUT2D eigenvalue weighted by atomic mass is 9.84. The highest BCUT2D eigenvalue weighted by molar-refractivity contribution is 5.84. The number of hydrazine groups is 1. The SMILES string of the molecule is COCCC(=O)NNC(=O)C1CC(c2ccc(OC(F)(F)F)cc2)CN(C(=O)N2CCOCC2)C1. The lowest BCUT2D eigenvalue weighted by Gasteiger charge is -2.40. The predicted octanol–water partition coefficient (Wildman–Crippen LogP) is 1.63. The van der Waals surface area contributed by atoms with Gasteiger partial charge in [-0.1, -0.05) is 12.1 Å². The van der Waals surface area contributed by atoms with Crippen LogP contribution in [0.15, 0.2) is 24.3 Å². The van der Waals surface area contributed by atoms with E-state index in [1.807, 2.05) is 0 Å². The third-order valence-corrected chi connectivity index (χ3v) is 5.82. The molecule has 0 saturated carbocycles. The van der Waals surface area contributed by atoms with Gasteiger partial charge in [0.15, 0.2) is 0 Å². The maximum Gasteiger partial charge on any atom is 0.573 e. The van der Waals surface area contributed by atoms with Gasteiger partial charge in [-0.05, 0) is 24.1 Å². The van der Waals surface area contributed by atoms with E-state index < -0.39 is 24.1 Å². The number of ether oxygens (including phenoxy) is 3. The second kappa shape index (κ2) is 12.1. The number of methoxy groups -OCH3 is 1. The van der Waals surface area contributed by atoms with Crippen molar-refractivity contribution < 1.29 is 41.8 Å². The van der Waals surface area contributed by atoms with Gasteiger partial charge in [0.1, 0.15) is 5.75 Å². The zero-order valence-electron chi connectivity index (χ0n) is 19.3. The van der Waals surface area contributed by atoms with Crippen molar-refractivity contribution in [2.75, 3.05) is 53.1 Å². The number of likely N-dealkylation sites (tertiary alicyclic amines) is 1. The molecule has 2 N–H and O–H groups in total. The van der Waals surface area contributed by atoms with Gasteiger partial charge in [-0.25, -0.2) is 4.79 Å². The Kier molecular flexibility index (Phi) is 9.15. The molecule has 2 heterocycles. The Morgan fingerprint density at radius 1 is 1.06 bits per heavy atom. The molecule has 2 atom stereocenters. The lowest BCUT2D eigenvalue weighted by molar-refractivity contribution is -0.274. The first-order valence-electron chi connectivity index (χ1n) is 11.2. The quantitative estimate of drug-likeness (QED) is 0.573. The Bertz CT molecular complexity index is 877. The number of carbonyl (C=O) groups excluding carboxylic acids is 3. The van der Waals surface area contributed by atoms with Crippen molar-refractivity contribution in [3.8, 4) is 5.75 Å². The number of urea groups is 1. The van der Waals surface area contributed by atoms with E-state index in [0.29, 0.717) is 44.8 Å². The number of carbonyl (C=O) groups is 3. The number of morpholine rings is 1. The molecule has 0 radical (unpaired) electrons. The summed E-state index contributed by atoms with van der Waals surface area (Å²) in [4.78, 5) is 41.0. The lowest BCUT2D eigenvalue weighted by Crippen LogP contribution is -2.55. The van der Waals surface area contributed by atoms with Crippen LogP contribution in [0.25, 0.3) is 0 Å². The molecular formula is C22H29F3N4O6. The third kappa shape index (κ3) is 7.99. The summed E-state index contributed by atoms with van der Waals surface area (Å²) in [6.07, 6.45) is -4.39. The van der Waals surface area contributed by atoms with Crippen molar-refractivity contribution in [2.45, 2.75) is 25.1 Å². The van der Waals surface area contributed by atoms with Crippen molar-refractivity contribution in [2.24, 2.45) is 5.92 Å². The van der Waals surface area contributed by atoms with E-state index in [0.717, 1.165) is 0 Å². The van der Waals surface area contributed by atoms with Crippen LogP contribution in [-0.2, 0) is 19.1 Å². The van der Waals surface area contributed by atoms with Gasteiger partial charge in [0.25, 0.3) is 0 Å². The molecule has 35 heavy (non-hydrogen) atoms. The molecular weight excluding hydrogens is 473 g/mol. The van der Waals surface area contributed by atoms with Crippen molar-refractivity contribution in [3.05, 3.63) is 29.8 Å². The Labute approximate surface area is 200 Å². The molecule has 194 valence electrons. The summed E-state index contributed by atoms with van der Waals surface area (Å²) in [6.45, 7) is 2.32. The summed E-state index contributed by atoms with van der Waals surface area (Å²) in [7, 11) is 1.45. The van der Waals surface area contributed by atoms with Gasteiger partial charge in [-0.15, -0.1) is 13.2 Å². The number of rotatable bonds is 6. The number of piperidine rings is 1. The van der Waals surface area contributed by atoms with Crippen molar-refractivity contribution in [1.82, 2.24) is 20.7 Å². The van der Waals surface area contributed by atoms with Gasteiger partial charge < -0.3 is 24.0 Å². The molecule has 2 fully saturated rings. The molecule has 2 unspecified atom stereocenters. The summed E-state index contributed by atoms with van der Waals surface area (Å²) in [5.41, 5.74) is 5.40. The van der Waals surface area contributed by atoms with Gasteiger partial charge in [0.2, 0.25) is 11.8 Å². The van der Waals surface area contributed by atoms with Crippen LogP contribution in [-0.4, -0.2) is 87.1 Å². The first kappa shape index (κ1) is 26.5. The average Bonchev–Trinajstić information content (AvgIpc) is 2.85. The molecule has 0 spiro atoms. The molecule has 0 bridgehead atoms. The molecule has 13 heteroatoms. The van der Waals surface area contributed by atoms with Crippen LogP contribution < -0.4 is 15.6 Å². The summed E-state index contributed by atoms with van der Waals surface area (Å²) in [5.74, 6) is -2.20. The molecule has 10 nitrogen and oxygen atoms in total. The molecule has 0 aliphatic carbocycles. The second-order valence-corrected chi connectivity index (χ2v) is 8.31. The molecule has 1 aromatic rings. The number of nitrogens with one attached hydrogen (secondary N) is 2. The van der Waals surface area contributed by atoms with Crippen LogP contribution in [0.4, 0.5) is 18.0 Å². The number of nitrogens with zero attached hydrogens (tertiary/aromatic N) is 2. The summed E-state index contributed by atoms with van der Waals surface area (Å²) >= 11 is 0. The number of benzene rings is 1. The third-order valence-electron chi connectivity index (χ3n) is 5.82. The minimum absolute atomic E-state index is 0.0675. The fourth-order valence-electron chi connectivity index (χ4n) is 4.07. The van der Waals surface area contributed by atoms with E-state index in [9.17, 15) is 27.6 Å². The van der Waals surface area contributed by atoms with Crippen LogP contribution in [0.3, 0.4) is 0 Å². The zero-order valence-corrected chi connectivity index (χ0v) is 19.3. The standard InChI is InChI=1S/C22H29F3N4O6/c1-33-9-6-19(30)26-27-20(31)17-12-16(15-2-4-18(5-3-15)35-22(23,24)25)13-29(14-17)21(32)28-7-10-34-11-8-28/h2-5,16-17H,6-14H2,1H3,(H,26,30)(H,27,31). The molecule has 1 aromatic carbocycles. The maximum absolute atomic E-state index is 13.1. The van der Waals surface area contributed by atoms with E-state index in [4.69, 9.17) is 9.47 Å².